The predicted molar refractivity (Wildman–Crippen MR) is 126 cm³/mol. The fourth-order valence-corrected chi connectivity index (χ4v) is 3.96. The number of nitrogens with one attached hydrogen (secondary N) is 2. The van der Waals surface area contributed by atoms with Crippen LogP contribution in [0.15, 0.2) is 46.0 Å². The molecule has 0 unspecified atom stereocenters. The highest BCUT2D eigenvalue weighted by Crippen LogP contribution is 2.33. The average molecular weight is 467 g/mol. The molecule has 2 heterocycles. The summed E-state index contributed by atoms with van der Waals surface area (Å²) in [6, 6.07) is 10.0. The topological polar surface area (TPSA) is 119 Å². The Bertz CT molecular complexity index is 1220. The Morgan fingerprint density at radius 2 is 1.91 bits per heavy atom. The number of fused-ring (bicyclic) bond motifs is 1. The Morgan fingerprint density at radius 1 is 1.24 bits per heavy atom. The molecule has 0 atom stereocenters. The fourth-order valence-electron chi connectivity index (χ4n) is 3.96. The first-order valence-electron chi connectivity index (χ1n) is 11.0. The number of ether oxygens (including phenoxy) is 1. The van der Waals surface area contributed by atoms with Crippen LogP contribution in [0.25, 0.3) is 22.2 Å². The van der Waals surface area contributed by atoms with E-state index in [0.717, 1.165) is 29.8 Å². The number of piperidine rings is 1. The minimum absolute atomic E-state index is 0.0243. The Kier molecular flexibility index (Phi) is 6.32. The number of hydrogen-bond donors (Lipinski definition) is 2. The van der Waals surface area contributed by atoms with Crippen molar-refractivity contribution < 1.29 is 18.3 Å². The second-order valence-electron chi connectivity index (χ2n) is 9.22. The molecule has 0 saturated carbocycles. The highest BCUT2D eigenvalue weighted by Gasteiger charge is 2.29. The van der Waals surface area contributed by atoms with Crippen molar-refractivity contribution in [2.24, 2.45) is 5.22 Å². The van der Waals surface area contributed by atoms with Crippen molar-refractivity contribution in [1.82, 2.24) is 9.88 Å². The second kappa shape index (κ2) is 9.20. The van der Waals surface area contributed by atoms with E-state index in [-0.39, 0.29) is 17.7 Å². The lowest BCUT2D eigenvalue weighted by molar-refractivity contribution is 0.0199. The Labute approximate surface area is 196 Å². The highest BCUT2D eigenvalue weighted by atomic mass is 19.1. The summed E-state index contributed by atoms with van der Waals surface area (Å²) >= 11 is 0. The smallest absolute Gasteiger partial charge is 0.410 e. The summed E-state index contributed by atoms with van der Waals surface area (Å²) in [4.78, 5) is 18.7. The first-order chi connectivity index (χ1) is 16.2. The van der Waals surface area contributed by atoms with Crippen LogP contribution in [0.2, 0.25) is 0 Å². The maximum Gasteiger partial charge on any atom is 0.410 e. The lowest BCUT2D eigenvalue weighted by Gasteiger charge is -2.32. The normalized spacial score (nSPS) is 14.8. The van der Waals surface area contributed by atoms with Crippen molar-refractivity contribution in [2.75, 3.05) is 18.1 Å². The molecule has 0 radical (unpaired) electrons. The zero-order chi connectivity index (χ0) is 24.5. The third-order valence-corrected chi connectivity index (χ3v) is 5.66. The summed E-state index contributed by atoms with van der Waals surface area (Å²) in [5, 5.41) is 11.2. The second-order valence-corrected chi connectivity index (χ2v) is 9.22. The summed E-state index contributed by atoms with van der Waals surface area (Å²) in [7, 11) is 0. The zero-order valence-electron chi connectivity index (χ0n) is 19.3. The van der Waals surface area contributed by atoms with Gasteiger partial charge in [0.25, 0.3) is 0 Å². The van der Waals surface area contributed by atoms with Crippen LogP contribution in [-0.2, 0) is 4.74 Å². The van der Waals surface area contributed by atoms with Crippen molar-refractivity contribution in [1.29, 1.82) is 10.9 Å². The molecule has 34 heavy (non-hydrogen) atoms. The number of aromatic nitrogens is 1. The van der Waals surface area contributed by atoms with E-state index < -0.39 is 11.4 Å². The van der Waals surface area contributed by atoms with Crippen molar-refractivity contribution in [3.05, 3.63) is 48.1 Å². The van der Waals surface area contributed by atoms with Gasteiger partial charge in [0.05, 0.1) is 0 Å². The molecule has 10 heteroatoms. The van der Waals surface area contributed by atoms with Crippen molar-refractivity contribution in [3.63, 3.8) is 0 Å². The van der Waals surface area contributed by atoms with Gasteiger partial charge >= 0.3 is 6.09 Å². The van der Waals surface area contributed by atoms with Gasteiger partial charge in [-0.25, -0.2) is 19.2 Å². The van der Waals surface area contributed by atoms with Gasteiger partial charge in [0.1, 0.15) is 29.0 Å². The molecule has 1 amide bonds. The van der Waals surface area contributed by atoms with E-state index in [9.17, 15) is 9.18 Å². The lowest BCUT2D eigenvalue weighted by Crippen LogP contribution is -2.41. The van der Waals surface area contributed by atoms with E-state index in [1.54, 1.807) is 11.0 Å². The molecule has 0 aliphatic carbocycles. The molecule has 3 aromatic rings. The molecule has 2 aromatic carbocycles. The Hall–Kier alpha value is -3.82. The van der Waals surface area contributed by atoms with Gasteiger partial charge in [0.2, 0.25) is 0 Å². The molecule has 0 bridgehead atoms. The van der Waals surface area contributed by atoms with Crippen LogP contribution in [0.4, 0.5) is 14.9 Å². The van der Waals surface area contributed by atoms with Gasteiger partial charge in [-0.1, -0.05) is 17.4 Å². The van der Waals surface area contributed by atoms with E-state index in [0.29, 0.717) is 35.6 Å². The largest absolute Gasteiger partial charge is 0.444 e. The molecule has 1 aromatic heterocycles. The number of anilines is 1. The number of oxazole rings is 1. The van der Waals surface area contributed by atoms with Gasteiger partial charge in [-0.3, -0.25) is 5.41 Å². The number of carbonyl (C=O) groups excluding carboxylic acids is 1. The van der Waals surface area contributed by atoms with Gasteiger partial charge < -0.3 is 14.1 Å². The SMILES string of the molecule is CC(C)(C)OC(=O)N1CCC(c2nc3cc(-c4ccc(N(C=N)N=N)c(F)c4)ccc3o2)CC1. The van der Waals surface area contributed by atoms with Crippen LogP contribution in [0.1, 0.15) is 45.4 Å². The van der Waals surface area contributed by atoms with E-state index in [1.807, 2.05) is 39.0 Å². The summed E-state index contributed by atoms with van der Waals surface area (Å²) in [5.41, 5.74) is 9.27. The summed E-state index contributed by atoms with van der Waals surface area (Å²) in [5.74, 6) is 0.151. The highest BCUT2D eigenvalue weighted by molar-refractivity contribution is 5.82. The molecule has 2 N–H and O–H groups in total. The van der Waals surface area contributed by atoms with Crippen LogP contribution >= 0.6 is 0 Å². The number of nitrogens with zero attached hydrogens (tertiary/aromatic N) is 4. The van der Waals surface area contributed by atoms with Crippen molar-refractivity contribution in [2.45, 2.75) is 45.1 Å². The number of benzene rings is 2. The number of halogens is 1. The van der Waals surface area contributed by atoms with E-state index >= 15 is 0 Å². The molecular formula is C24H27FN6O3. The van der Waals surface area contributed by atoms with Gasteiger partial charge in [-0.15, -0.1) is 0 Å². The minimum Gasteiger partial charge on any atom is -0.444 e. The van der Waals surface area contributed by atoms with Gasteiger partial charge in [-0.2, -0.15) is 5.53 Å². The lowest BCUT2D eigenvalue weighted by atomic mass is 9.97. The standard InChI is InChI=1S/C24H27FN6O3/c1-24(2,3)34-23(32)30-10-8-15(9-11-30)22-28-19-13-17(5-7-21(19)33-22)16-4-6-20(18(25)12-16)31(14-26)29-27/h4-7,12-15,26-27H,8-11H2,1-3H3. The maximum absolute atomic E-state index is 14.5. The van der Waals surface area contributed by atoms with Crippen LogP contribution in [0.5, 0.6) is 0 Å². The molecular weight excluding hydrogens is 439 g/mol. The third kappa shape index (κ3) is 4.90. The Balaban J connectivity index is 1.49. The van der Waals surface area contributed by atoms with Gasteiger partial charge in [-0.05, 0) is 69.0 Å². The first kappa shape index (κ1) is 23.3. The van der Waals surface area contributed by atoms with E-state index in [1.165, 1.54) is 12.1 Å². The van der Waals surface area contributed by atoms with Gasteiger partial charge in [0.15, 0.2) is 11.5 Å². The summed E-state index contributed by atoms with van der Waals surface area (Å²) in [6.45, 7) is 6.71. The number of carbonyl (C=O) groups is 1. The predicted octanol–water partition coefficient (Wildman–Crippen LogP) is 6.11. The molecule has 9 nitrogen and oxygen atoms in total. The molecule has 0 spiro atoms. The minimum atomic E-state index is -0.588. The van der Waals surface area contributed by atoms with Crippen LogP contribution in [0, 0.1) is 16.8 Å². The average Bonchev–Trinajstić information content (AvgIpc) is 3.23. The zero-order valence-corrected chi connectivity index (χ0v) is 19.3. The van der Waals surface area contributed by atoms with Gasteiger partial charge in [0, 0.05) is 19.0 Å². The summed E-state index contributed by atoms with van der Waals surface area (Å²) < 4.78 is 26.0. The molecule has 1 fully saturated rings. The molecule has 4 rings (SSSR count). The van der Waals surface area contributed by atoms with Crippen molar-refractivity contribution >= 4 is 29.2 Å². The molecule has 178 valence electrons. The number of amides is 1. The number of rotatable bonds is 5. The third-order valence-electron chi connectivity index (χ3n) is 5.66. The van der Waals surface area contributed by atoms with Crippen LogP contribution in [-0.4, -0.2) is 41.0 Å². The Morgan fingerprint density at radius 3 is 2.53 bits per heavy atom. The van der Waals surface area contributed by atoms with Crippen LogP contribution < -0.4 is 5.01 Å². The monoisotopic (exact) mass is 466 g/mol. The molecule has 1 aliphatic heterocycles. The fraction of sp³-hybridized carbons (Fsp3) is 0.375. The van der Waals surface area contributed by atoms with Crippen LogP contribution in [0.3, 0.4) is 0 Å². The number of likely N-dealkylation sites (tertiary alicyclic amines) is 1. The van der Waals surface area contributed by atoms with E-state index in [2.05, 4.69) is 10.2 Å². The van der Waals surface area contributed by atoms with E-state index in [4.69, 9.17) is 20.1 Å². The quantitative estimate of drug-likeness (QED) is 0.204. The molecule has 1 aliphatic rings. The first-order valence-corrected chi connectivity index (χ1v) is 11.0. The number of hydrogen-bond acceptors (Lipinski definition) is 7. The summed E-state index contributed by atoms with van der Waals surface area (Å²) in [6.07, 6.45) is 1.94. The van der Waals surface area contributed by atoms with Crippen molar-refractivity contribution in [3.8, 4) is 11.1 Å². The molecule has 1 saturated heterocycles. The maximum atomic E-state index is 14.5.